The topological polar surface area (TPSA) is 82.7 Å². The van der Waals surface area contributed by atoms with Crippen LogP contribution in [0.1, 0.15) is 28.0 Å². The number of aromatic nitrogens is 1. The highest BCUT2D eigenvalue weighted by molar-refractivity contribution is 14.0. The van der Waals surface area contributed by atoms with Gasteiger partial charge in [-0.2, -0.15) is 0 Å². The van der Waals surface area contributed by atoms with E-state index in [0.717, 1.165) is 27.3 Å². The van der Waals surface area contributed by atoms with Crippen molar-refractivity contribution in [3.8, 4) is 0 Å². The van der Waals surface area contributed by atoms with Gasteiger partial charge in [-0.05, 0) is 31.4 Å². The molecule has 2 heterocycles. The lowest BCUT2D eigenvalue weighted by molar-refractivity contribution is 0.184. The van der Waals surface area contributed by atoms with Crippen molar-refractivity contribution >= 4 is 51.4 Å². The predicted molar refractivity (Wildman–Crippen MR) is 116 cm³/mol. The van der Waals surface area contributed by atoms with Crippen molar-refractivity contribution in [3.05, 3.63) is 52.2 Å². The Hall–Kier alpha value is -1.65. The predicted octanol–water partition coefficient (Wildman–Crippen LogP) is 3.52. The molecule has 0 saturated heterocycles. The van der Waals surface area contributed by atoms with Gasteiger partial charge in [-0.3, -0.25) is 4.99 Å². The zero-order valence-corrected chi connectivity index (χ0v) is 18.1. The van der Waals surface area contributed by atoms with Gasteiger partial charge in [0.25, 0.3) is 0 Å². The number of nitrogens with zero attached hydrogens (tertiary/aromatic N) is 2. The van der Waals surface area contributed by atoms with Crippen LogP contribution in [0.5, 0.6) is 0 Å². The van der Waals surface area contributed by atoms with Gasteiger partial charge < -0.3 is 20.3 Å². The molecule has 0 fully saturated rings. The molecule has 26 heavy (non-hydrogen) atoms. The van der Waals surface area contributed by atoms with E-state index in [-0.39, 0.29) is 24.0 Å². The number of hydrogen-bond donors (Lipinski definition) is 3. The molecule has 0 saturated carbocycles. The van der Waals surface area contributed by atoms with Crippen molar-refractivity contribution < 1.29 is 9.63 Å². The number of guanidine groups is 1. The molecule has 8 heteroatoms. The highest BCUT2D eigenvalue weighted by Gasteiger charge is 2.13. The molecule has 3 aromatic rings. The highest BCUT2D eigenvalue weighted by atomic mass is 127. The van der Waals surface area contributed by atoms with Crippen molar-refractivity contribution in [2.75, 3.05) is 13.6 Å². The van der Waals surface area contributed by atoms with E-state index in [2.05, 4.69) is 32.9 Å². The number of hydrogen-bond acceptors (Lipinski definition) is 5. The molecule has 0 aliphatic heterocycles. The summed E-state index contributed by atoms with van der Waals surface area (Å²) in [7, 11) is 1.70. The van der Waals surface area contributed by atoms with Crippen LogP contribution >= 0.6 is 35.3 Å². The van der Waals surface area contributed by atoms with E-state index in [9.17, 15) is 5.11 Å². The Kier molecular flexibility index (Phi) is 7.42. The monoisotopic (exact) mass is 486 g/mol. The molecular formula is C18H23IN4O2S. The van der Waals surface area contributed by atoms with Crippen LogP contribution in [0.25, 0.3) is 10.1 Å². The third-order valence-corrected chi connectivity index (χ3v) is 5.29. The molecule has 0 radical (unpaired) electrons. The van der Waals surface area contributed by atoms with Crippen LogP contribution in [-0.2, 0) is 6.54 Å². The fourth-order valence-corrected chi connectivity index (χ4v) is 3.66. The lowest BCUT2D eigenvalue weighted by Crippen LogP contribution is -2.39. The molecule has 1 aromatic carbocycles. The fourth-order valence-electron chi connectivity index (χ4n) is 2.61. The molecule has 0 spiro atoms. The molecular weight excluding hydrogens is 463 g/mol. The number of benzene rings is 1. The SMILES string of the molecule is CN=C(NCc1c(C)noc1C)NCC(O)c1cc2ccccc2s1.I. The zero-order chi connectivity index (χ0) is 17.8. The summed E-state index contributed by atoms with van der Waals surface area (Å²) in [6, 6.07) is 10.2. The number of aliphatic hydroxyl groups excluding tert-OH is 1. The first-order valence-corrected chi connectivity index (χ1v) is 8.93. The van der Waals surface area contributed by atoms with E-state index in [1.807, 2.05) is 32.0 Å². The molecule has 140 valence electrons. The van der Waals surface area contributed by atoms with Gasteiger partial charge in [0.2, 0.25) is 0 Å². The van der Waals surface area contributed by atoms with Crippen LogP contribution in [0, 0.1) is 13.8 Å². The largest absolute Gasteiger partial charge is 0.386 e. The molecule has 2 aromatic heterocycles. The Morgan fingerprint density at radius 3 is 2.73 bits per heavy atom. The normalized spacial score (nSPS) is 12.7. The Morgan fingerprint density at radius 1 is 1.31 bits per heavy atom. The minimum atomic E-state index is -0.588. The summed E-state index contributed by atoms with van der Waals surface area (Å²) < 4.78 is 6.34. The summed E-state index contributed by atoms with van der Waals surface area (Å²) in [6.45, 7) is 4.75. The molecule has 0 bridgehead atoms. The first kappa shape index (κ1) is 20.7. The molecule has 6 nitrogen and oxygen atoms in total. The number of nitrogens with one attached hydrogen (secondary N) is 2. The maximum Gasteiger partial charge on any atom is 0.191 e. The molecule has 3 rings (SSSR count). The maximum absolute atomic E-state index is 10.4. The van der Waals surface area contributed by atoms with Gasteiger partial charge in [0.1, 0.15) is 11.9 Å². The van der Waals surface area contributed by atoms with Gasteiger partial charge in [-0.15, -0.1) is 35.3 Å². The average Bonchev–Trinajstić information content (AvgIpc) is 3.19. The average molecular weight is 486 g/mol. The lowest BCUT2D eigenvalue weighted by atomic mass is 10.2. The second-order valence-corrected chi connectivity index (χ2v) is 6.93. The van der Waals surface area contributed by atoms with Gasteiger partial charge in [0.05, 0.1) is 5.69 Å². The molecule has 3 N–H and O–H groups in total. The second-order valence-electron chi connectivity index (χ2n) is 5.81. The van der Waals surface area contributed by atoms with Crippen molar-refractivity contribution in [2.45, 2.75) is 26.5 Å². The van der Waals surface area contributed by atoms with Crippen LogP contribution < -0.4 is 10.6 Å². The number of rotatable bonds is 5. The van der Waals surface area contributed by atoms with Crippen molar-refractivity contribution in [1.29, 1.82) is 0 Å². The van der Waals surface area contributed by atoms with Gasteiger partial charge in [-0.25, -0.2) is 0 Å². The van der Waals surface area contributed by atoms with Crippen molar-refractivity contribution in [1.82, 2.24) is 15.8 Å². The number of aliphatic imine (C=N–C) groups is 1. The van der Waals surface area contributed by atoms with Crippen LogP contribution in [0.15, 0.2) is 39.8 Å². The van der Waals surface area contributed by atoms with E-state index < -0.39 is 6.10 Å². The lowest BCUT2D eigenvalue weighted by Gasteiger charge is -2.14. The van der Waals surface area contributed by atoms with E-state index in [1.165, 1.54) is 4.70 Å². The zero-order valence-electron chi connectivity index (χ0n) is 14.9. The summed E-state index contributed by atoms with van der Waals surface area (Å²) in [6.07, 6.45) is -0.588. The Morgan fingerprint density at radius 2 is 2.08 bits per heavy atom. The van der Waals surface area contributed by atoms with Crippen LogP contribution in [0.3, 0.4) is 0 Å². The highest BCUT2D eigenvalue weighted by Crippen LogP contribution is 2.29. The first-order valence-electron chi connectivity index (χ1n) is 8.11. The van der Waals surface area contributed by atoms with Crippen LogP contribution in [0.4, 0.5) is 0 Å². The smallest absolute Gasteiger partial charge is 0.191 e. The minimum Gasteiger partial charge on any atom is -0.386 e. The van der Waals surface area contributed by atoms with E-state index >= 15 is 0 Å². The number of halogens is 1. The van der Waals surface area contributed by atoms with Crippen LogP contribution in [0.2, 0.25) is 0 Å². The third kappa shape index (κ3) is 4.74. The van der Waals surface area contributed by atoms with Crippen molar-refractivity contribution in [3.63, 3.8) is 0 Å². The fraction of sp³-hybridized carbons (Fsp3) is 0.333. The number of aryl methyl sites for hydroxylation is 2. The van der Waals surface area contributed by atoms with E-state index in [4.69, 9.17) is 4.52 Å². The molecule has 0 aliphatic rings. The van der Waals surface area contributed by atoms with Gasteiger partial charge in [0, 0.05) is 35.3 Å². The summed E-state index contributed by atoms with van der Waals surface area (Å²) in [5.41, 5.74) is 1.89. The van der Waals surface area contributed by atoms with Crippen molar-refractivity contribution in [2.24, 2.45) is 4.99 Å². The third-order valence-electron chi connectivity index (χ3n) is 4.07. The molecule has 0 amide bonds. The quantitative estimate of drug-likeness (QED) is 0.292. The maximum atomic E-state index is 10.4. The number of aliphatic hydroxyl groups is 1. The van der Waals surface area contributed by atoms with E-state index in [0.29, 0.717) is 19.0 Å². The standard InChI is InChI=1S/C18H22N4O2S.HI/c1-11-14(12(2)24-22-11)9-20-18(19-3)21-10-15(23)17-8-13-6-4-5-7-16(13)25-17;/h4-8,15,23H,9-10H2,1-3H3,(H2,19,20,21);1H. The molecule has 1 unspecified atom stereocenters. The summed E-state index contributed by atoms with van der Waals surface area (Å²) >= 11 is 1.61. The minimum absolute atomic E-state index is 0. The Bertz CT molecular complexity index is 838. The summed E-state index contributed by atoms with van der Waals surface area (Å²) in [4.78, 5) is 5.13. The first-order chi connectivity index (χ1) is 12.1. The summed E-state index contributed by atoms with van der Waals surface area (Å²) in [5, 5.41) is 21.9. The summed E-state index contributed by atoms with van der Waals surface area (Å²) in [5.74, 6) is 1.42. The number of thiophene rings is 1. The van der Waals surface area contributed by atoms with Gasteiger partial charge in [0.15, 0.2) is 5.96 Å². The Labute approximate surface area is 173 Å². The number of fused-ring (bicyclic) bond motifs is 1. The van der Waals surface area contributed by atoms with Gasteiger partial charge in [-0.1, -0.05) is 23.4 Å². The molecule has 0 aliphatic carbocycles. The van der Waals surface area contributed by atoms with Gasteiger partial charge >= 0.3 is 0 Å². The second kappa shape index (κ2) is 9.33. The molecule has 1 atom stereocenters. The van der Waals surface area contributed by atoms with Crippen LogP contribution in [-0.4, -0.2) is 29.8 Å². The van der Waals surface area contributed by atoms with E-state index in [1.54, 1.807) is 18.4 Å². The Balaban J connectivity index is 0.00000243.